The van der Waals surface area contributed by atoms with Gasteiger partial charge >= 0.3 is 0 Å². The van der Waals surface area contributed by atoms with Gasteiger partial charge in [0.1, 0.15) is 0 Å². The molecule has 1 aliphatic carbocycles. The molecule has 1 heterocycles. The summed E-state index contributed by atoms with van der Waals surface area (Å²) >= 11 is 0. The predicted molar refractivity (Wildman–Crippen MR) is 86.6 cm³/mol. The number of carbonyl (C=O) groups excluding carboxylic acids is 1. The van der Waals surface area contributed by atoms with E-state index in [1.165, 1.54) is 11.3 Å². The molecule has 1 N–H and O–H groups in total. The number of hydrogen-bond donors (Lipinski definition) is 1. The van der Waals surface area contributed by atoms with Crippen molar-refractivity contribution in [3.05, 3.63) is 28.6 Å². The van der Waals surface area contributed by atoms with Crippen LogP contribution in [-0.4, -0.2) is 16.4 Å². The Hall–Kier alpha value is -1.38. The van der Waals surface area contributed by atoms with Crippen molar-refractivity contribution in [1.29, 1.82) is 0 Å². The standard InChI is InChI=1S/C18H28N2O/c1-12-14(10-13-8-7-9-15(13)19-12)16(21)20-18(5,6)11-17(2,3)4/h10H,7-9,11H2,1-6H3,(H,20,21). The lowest BCUT2D eigenvalue weighted by atomic mass is 9.81. The fourth-order valence-corrected chi connectivity index (χ4v) is 3.55. The molecular weight excluding hydrogens is 260 g/mol. The number of rotatable bonds is 3. The number of amides is 1. The van der Waals surface area contributed by atoms with Crippen LogP contribution in [0, 0.1) is 12.3 Å². The molecule has 116 valence electrons. The van der Waals surface area contributed by atoms with Crippen molar-refractivity contribution >= 4 is 5.91 Å². The Kier molecular flexibility index (Phi) is 4.14. The van der Waals surface area contributed by atoms with E-state index in [1.54, 1.807) is 0 Å². The van der Waals surface area contributed by atoms with E-state index in [9.17, 15) is 4.79 Å². The quantitative estimate of drug-likeness (QED) is 0.918. The average Bonchev–Trinajstić information content (AvgIpc) is 2.70. The van der Waals surface area contributed by atoms with Gasteiger partial charge in [0.25, 0.3) is 5.91 Å². The summed E-state index contributed by atoms with van der Waals surface area (Å²) in [6, 6.07) is 2.05. The first-order valence-electron chi connectivity index (χ1n) is 7.89. The molecule has 1 aromatic rings. The van der Waals surface area contributed by atoms with Crippen molar-refractivity contribution < 1.29 is 4.79 Å². The predicted octanol–water partition coefficient (Wildman–Crippen LogP) is 3.82. The number of nitrogens with zero attached hydrogens (tertiary/aromatic N) is 1. The zero-order valence-electron chi connectivity index (χ0n) is 14.3. The van der Waals surface area contributed by atoms with Gasteiger partial charge in [-0.2, -0.15) is 0 Å². The van der Waals surface area contributed by atoms with Crippen LogP contribution in [0.5, 0.6) is 0 Å². The number of nitrogens with one attached hydrogen (secondary N) is 1. The molecule has 0 aliphatic heterocycles. The van der Waals surface area contributed by atoms with E-state index >= 15 is 0 Å². The Labute approximate surface area is 128 Å². The lowest BCUT2D eigenvalue weighted by molar-refractivity contribution is 0.0890. The van der Waals surface area contributed by atoms with Crippen LogP contribution in [0.1, 0.15) is 74.8 Å². The number of aromatic nitrogens is 1. The fourth-order valence-electron chi connectivity index (χ4n) is 3.55. The minimum absolute atomic E-state index is 0.00366. The highest BCUT2D eigenvalue weighted by Crippen LogP contribution is 2.28. The highest BCUT2D eigenvalue weighted by molar-refractivity contribution is 5.95. The smallest absolute Gasteiger partial charge is 0.253 e. The largest absolute Gasteiger partial charge is 0.347 e. The van der Waals surface area contributed by atoms with Crippen LogP contribution in [-0.2, 0) is 12.8 Å². The van der Waals surface area contributed by atoms with Crippen LogP contribution >= 0.6 is 0 Å². The van der Waals surface area contributed by atoms with Gasteiger partial charge in [-0.05, 0) is 63.5 Å². The summed E-state index contributed by atoms with van der Waals surface area (Å²) in [5, 5.41) is 3.18. The van der Waals surface area contributed by atoms with Crippen molar-refractivity contribution in [1.82, 2.24) is 10.3 Å². The number of hydrogen-bond acceptors (Lipinski definition) is 2. The van der Waals surface area contributed by atoms with Crippen molar-refractivity contribution in [3.8, 4) is 0 Å². The summed E-state index contributed by atoms with van der Waals surface area (Å²) in [6.45, 7) is 12.7. The van der Waals surface area contributed by atoms with E-state index in [-0.39, 0.29) is 16.9 Å². The minimum Gasteiger partial charge on any atom is -0.347 e. The molecule has 2 rings (SSSR count). The zero-order chi connectivity index (χ0) is 15.8. The Balaban J connectivity index is 2.17. The average molecular weight is 288 g/mol. The van der Waals surface area contributed by atoms with E-state index in [4.69, 9.17) is 0 Å². The van der Waals surface area contributed by atoms with Crippen LogP contribution in [0.25, 0.3) is 0 Å². The molecule has 0 fully saturated rings. The highest BCUT2D eigenvalue weighted by atomic mass is 16.1. The van der Waals surface area contributed by atoms with E-state index in [1.807, 2.05) is 13.0 Å². The molecule has 0 radical (unpaired) electrons. The monoisotopic (exact) mass is 288 g/mol. The molecule has 0 aromatic carbocycles. The number of pyridine rings is 1. The third kappa shape index (κ3) is 4.05. The van der Waals surface area contributed by atoms with Crippen LogP contribution in [0.3, 0.4) is 0 Å². The van der Waals surface area contributed by atoms with Gasteiger partial charge in [0.2, 0.25) is 0 Å². The molecule has 0 bridgehead atoms. The van der Waals surface area contributed by atoms with Crippen molar-refractivity contribution in [2.75, 3.05) is 0 Å². The van der Waals surface area contributed by atoms with Gasteiger partial charge < -0.3 is 5.32 Å². The molecule has 0 saturated heterocycles. The molecule has 0 saturated carbocycles. The first kappa shape index (κ1) is 16.0. The number of carbonyl (C=O) groups is 1. The maximum absolute atomic E-state index is 12.6. The van der Waals surface area contributed by atoms with Gasteiger partial charge in [-0.25, -0.2) is 0 Å². The van der Waals surface area contributed by atoms with Crippen molar-refractivity contribution in [2.45, 2.75) is 72.8 Å². The molecule has 3 heteroatoms. The van der Waals surface area contributed by atoms with E-state index in [2.05, 4.69) is 44.9 Å². The first-order chi connectivity index (χ1) is 9.57. The molecule has 0 unspecified atom stereocenters. The van der Waals surface area contributed by atoms with Crippen molar-refractivity contribution in [3.63, 3.8) is 0 Å². The lowest BCUT2D eigenvalue weighted by Crippen LogP contribution is -2.46. The third-order valence-corrected chi connectivity index (χ3v) is 3.91. The van der Waals surface area contributed by atoms with E-state index in [0.29, 0.717) is 0 Å². The molecule has 1 aromatic heterocycles. The number of fused-ring (bicyclic) bond motifs is 1. The first-order valence-corrected chi connectivity index (χ1v) is 7.89. The van der Waals surface area contributed by atoms with Gasteiger partial charge in [-0.15, -0.1) is 0 Å². The second-order valence-electron chi connectivity index (χ2n) is 8.16. The highest BCUT2D eigenvalue weighted by Gasteiger charge is 2.28. The summed E-state index contributed by atoms with van der Waals surface area (Å²) in [5.41, 5.74) is 3.97. The normalized spacial score (nSPS) is 15.0. The second-order valence-corrected chi connectivity index (χ2v) is 8.16. The molecule has 0 atom stereocenters. The van der Waals surface area contributed by atoms with Gasteiger partial charge in [0.05, 0.1) is 11.3 Å². The van der Waals surface area contributed by atoms with Crippen LogP contribution < -0.4 is 5.32 Å². The van der Waals surface area contributed by atoms with Gasteiger partial charge in [0, 0.05) is 11.2 Å². The van der Waals surface area contributed by atoms with Crippen molar-refractivity contribution in [2.24, 2.45) is 5.41 Å². The van der Waals surface area contributed by atoms with Crippen LogP contribution in [0.15, 0.2) is 6.07 Å². The molecule has 21 heavy (non-hydrogen) atoms. The lowest BCUT2D eigenvalue weighted by Gasteiger charge is -2.33. The molecule has 3 nitrogen and oxygen atoms in total. The molecular formula is C18H28N2O. The summed E-state index contributed by atoms with van der Waals surface area (Å²) < 4.78 is 0. The third-order valence-electron chi connectivity index (χ3n) is 3.91. The van der Waals surface area contributed by atoms with Crippen LogP contribution in [0.4, 0.5) is 0 Å². The van der Waals surface area contributed by atoms with Gasteiger partial charge in [-0.1, -0.05) is 20.8 Å². The maximum Gasteiger partial charge on any atom is 0.253 e. The Morgan fingerprint density at radius 1 is 1.24 bits per heavy atom. The Morgan fingerprint density at radius 2 is 1.90 bits per heavy atom. The Morgan fingerprint density at radius 3 is 2.52 bits per heavy atom. The second kappa shape index (κ2) is 5.43. The molecule has 0 spiro atoms. The summed E-state index contributed by atoms with van der Waals surface area (Å²) in [7, 11) is 0. The summed E-state index contributed by atoms with van der Waals surface area (Å²) in [4.78, 5) is 17.2. The van der Waals surface area contributed by atoms with Crippen LogP contribution in [0.2, 0.25) is 0 Å². The maximum atomic E-state index is 12.6. The van der Waals surface area contributed by atoms with Gasteiger partial charge in [0.15, 0.2) is 0 Å². The number of aryl methyl sites for hydroxylation is 3. The zero-order valence-corrected chi connectivity index (χ0v) is 14.3. The molecule has 1 amide bonds. The topological polar surface area (TPSA) is 42.0 Å². The molecule has 1 aliphatic rings. The summed E-state index contributed by atoms with van der Waals surface area (Å²) in [5.74, 6) is 0.00366. The summed E-state index contributed by atoms with van der Waals surface area (Å²) in [6.07, 6.45) is 4.19. The SMILES string of the molecule is Cc1nc2c(cc1C(=O)NC(C)(C)CC(C)(C)C)CCC2. The minimum atomic E-state index is -0.221. The van der Waals surface area contributed by atoms with Gasteiger partial charge in [-0.3, -0.25) is 9.78 Å². The van der Waals surface area contributed by atoms with E-state index < -0.39 is 0 Å². The Bertz CT molecular complexity index is 553. The van der Waals surface area contributed by atoms with E-state index in [0.717, 1.165) is 36.9 Å². The fraction of sp³-hybridized carbons (Fsp3) is 0.667.